The van der Waals surface area contributed by atoms with Crippen molar-refractivity contribution in [1.82, 2.24) is 0 Å². The van der Waals surface area contributed by atoms with Crippen LogP contribution < -0.4 is 0 Å². The van der Waals surface area contributed by atoms with E-state index in [-0.39, 0.29) is 206 Å². The first kappa shape index (κ1) is 569. The summed E-state index contributed by atoms with van der Waals surface area (Å²) in [6.45, 7) is -0.750. The average Bonchev–Trinajstić information content (AvgIpc) is 1.70. The number of carbonyl (C=O) groups is 3. The fraction of sp³-hybridized carbons (Fsp3) is 0. The van der Waals surface area contributed by atoms with Gasteiger partial charge in [0.15, 0.2) is 0 Å². The molecule has 0 rings (SSSR count). The minimum absolute atomic E-state index is 0. The average molecular weight is 720 g/mol. The quantitative estimate of drug-likeness (QED) is 0.204. The topological polar surface area (TPSA) is 584 Å². The molecule has 0 heterocycles. The van der Waals surface area contributed by atoms with E-state index in [2.05, 4.69) is 0 Å². The number of hydrogen-bond donors (Lipinski definition) is 3. The Balaban J connectivity index is -0.000000000606. The van der Waals surface area contributed by atoms with Crippen molar-refractivity contribution >= 4 is 19.4 Å². The van der Waals surface area contributed by atoms with Crippen molar-refractivity contribution in [2.45, 2.75) is 0 Å². The second-order valence-electron chi connectivity index (χ2n) is 0.316. The Kier molecular flexibility index (Phi) is 29800. The molecule has 0 saturated carbocycles. The Morgan fingerprint density at radius 3 is 0.267 bits per heavy atom. The van der Waals surface area contributed by atoms with E-state index in [1.165, 1.54) is 0 Å². The molecule has 0 aliphatic heterocycles. The maximum Gasteiger partial charge on any atom is 0.290 e. The summed E-state index contributed by atoms with van der Waals surface area (Å²) in [5, 5.41) is 20.7. The Morgan fingerprint density at radius 2 is 0.267 bits per heavy atom. The van der Waals surface area contributed by atoms with E-state index in [0.717, 1.165) is 0 Å². The van der Waals surface area contributed by atoms with Gasteiger partial charge in [-0.05, 0) is 0 Å². The zero-order chi connectivity index (χ0) is 8.12. The maximum absolute atomic E-state index is 8.36. The summed E-state index contributed by atoms with van der Waals surface area (Å²) in [6, 6.07) is 0. The van der Waals surface area contributed by atoms with Gasteiger partial charge in [0.2, 0.25) is 0 Å². The van der Waals surface area contributed by atoms with Crippen molar-refractivity contribution in [1.29, 1.82) is 0 Å². The van der Waals surface area contributed by atoms with Crippen molar-refractivity contribution in [2.75, 3.05) is 0 Å². The molecule has 0 bridgehead atoms. The van der Waals surface area contributed by atoms with E-state index in [0.29, 0.717) is 0 Å². The third-order valence-electron chi connectivity index (χ3n) is 0. The van der Waals surface area contributed by atoms with E-state index >= 15 is 0 Å². The maximum atomic E-state index is 8.36. The molecule has 0 spiro atoms. The van der Waals surface area contributed by atoms with Gasteiger partial charge in [-0.15, -0.1) is 0 Å². The fourth-order valence-corrected chi connectivity index (χ4v) is 0. The van der Waals surface area contributed by atoms with Crippen LogP contribution in [0.5, 0.6) is 0 Å². The molecule has 0 aromatic carbocycles. The van der Waals surface area contributed by atoms with Crippen LogP contribution in [0.15, 0.2) is 0 Å². The summed E-state index contributed by atoms with van der Waals surface area (Å²) in [4.78, 5) is 25.1. The molecule has 0 radical (unpaired) electrons. The minimum atomic E-state index is -0.250. The predicted molar refractivity (Wildman–Crippen MR) is 80.3 cm³/mol. The van der Waals surface area contributed by atoms with Gasteiger partial charge >= 0.3 is 0 Å². The van der Waals surface area contributed by atoms with Crippen LogP contribution in [0.1, 0.15) is 0 Å². The van der Waals surface area contributed by atoms with Gasteiger partial charge in [0, 0.05) is 104 Å². The Morgan fingerprint density at radius 1 is 0.267 bits per heavy atom. The van der Waals surface area contributed by atoms with Crippen molar-refractivity contribution in [3.05, 3.63) is 0 Å². The van der Waals surface area contributed by atoms with Crippen LogP contribution in [-0.4, -0.2) is 117 Å². The molecule has 33 N–H and O–H groups in total. The third kappa shape index (κ3) is 22500. The van der Waals surface area contributed by atoms with Crippen LogP contribution >= 0.6 is 0 Å². The van der Waals surface area contributed by atoms with E-state index in [1.807, 2.05) is 0 Å². The Hall–Kier alpha value is 1.00. The first-order chi connectivity index (χ1) is 4.24. The van der Waals surface area contributed by atoms with Crippen LogP contribution in [-0.2, 0) is 119 Å². The molecule has 0 saturated heterocycles. The molecular weight excluding hydrogens is 684 g/mol. The number of hydrogen-bond acceptors (Lipinski definition) is 3. The molecule has 0 amide bonds. The molecule has 210 valence electrons. The molecular formula is C3H36Cr6O21. The van der Waals surface area contributed by atoms with Gasteiger partial charge in [-0.2, -0.15) is 0 Å². The Bertz CT molecular complexity index is 71.5. The van der Waals surface area contributed by atoms with Gasteiger partial charge in [-0.1, -0.05) is 0 Å². The largest absolute Gasteiger partial charge is 0.483 e. The van der Waals surface area contributed by atoms with Gasteiger partial charge in [0.05, 0.1) is 0 Å². The van der Waals surface area contributed by atoms with Crippen LogP contribution in [0.2, 0.25) is 0 Å². The van der Waals surface area contributed by atoms with Crippen LogP contribution in [0.4, 0.5) is 0 Å². The molecule has 0 atom stereocenters. The SMILES string of the molecule is O.O.O.O.O.O.O.O.O.O.O.O.O.O.O.O=CO.O=CO.O=CO.[Cr].[Cr].[Cr].[Cr].[Cr].[Cr]. The summed E-state index contributed by atoms with van der Waals surface area (Å²) in [5.41, 5.74) is 0. The van der Waals surface area contributed by atoms with E-state index in [9.17, 15) is 0 Å². The summed E-state index contributed by atoms with van der Waals surface area (Å²) in [6.07, 6.45) is 0. The van der Waals surface area contributed by atoms with Gasteiger partial charge in [-0.25, -0.2) is 0 Å². The van der Waals surface area contributed by atoms with Crippen LogP contribution in [0.25, 0.3) is 0 Å². The summed E-state index contributed by atoms with van der Waals surface area (Å²) in [5.74, 6) is 0. The number of carboxylic acid groups (broad SMARTS) is 3. The van der Waals surface area contributed by atoms with Crippen molar-refractivity contribution in [3.63, 3.8) is 0 Å². The number of rotatable bonds is 0. The van der Waals surface area contributed by atoms with Gasteiger partial charge in [0.25, 0.3) is 19.4 Å². The standard InChI is InChI=1S/3CH2O2.6Cr.15H2O/c3*2-1-3;;;;;;;;;;;;;;;;;;;;;/h3*1H,(H,2,3);;;;;;;15*1H2. The zero-order valence-corrected chi connectivity index (χ0v) is 21.9. The summed E-state index contributed by atoms with van der Waals surface area (Å²) >= 11 is 0. The minimum Gasteiger partial charge on any atom is -0.483 e. The second-order valence-corrected chi connectivity index (χ2v) is 0.316. The molecule has 0 fully saturated rings. The predicted octanol–water partition coefficient (Wildman–Crippen LogP) is -13.3. The van der Waals surface area contributed by atoms with Crippen molar-refractivity contribution in [3.8, 4) is 0 Å². The molecule has 0 aliphatic carbocycles. The van der Waals surface area contributed by atoms with Gasteiger partial charge in [-0.3, -0.25) is 14.4 Å². The van der Waals surface area contributed by atoms with Crippen LogP contribution in [0.3, 0.4) is 0 Å². The van der Waals surface area contributed by atoms with E-state index < -0.39 is 0 Å². The molecule has 0 unspecified atom stereocenters. The van der Waals surface area contributed by atoms with E-state index in [4.69, 9.17) is 29.7 Å². The molecule has 30 heavy (non-hydrogen) atoms. The first-order valence-corrected chi connectivity index (χ1v) is 1.48. The van der Waals surface area contributed by atoms with Crippen molar-refractivity contribution in [2.24, 2.45) is 0 Å². The molecule has 0 aromatic heterocycles. The Labute approximate surface area is 234 Å². The third-order valence-corrected chi connectivity index (χ3v) is 0. The second kappa shape index (κ2) is 1570. The summed E-state index contributed by atoms with van der Waals surface area (Å²) < 4.78 is 0. The first-order valence-electron chi connectivity index (χ1n) is 1.48. The molecule has 0 aliphatic rings. The van der Waals surface area contributed by atoms with Gasteiger partial charge < -0.3 is 97.5 Å². The van der Waals surface area contributed by atoms with E-state index in [1.54, 1.807) is 0 Å². The summed E-state index contributed by atoms with van der Waals surface area (Å²) in [7, 11) is 0. The molecule has 27 heteroatoms. The smallest absolute Gasteiger partial charge is 0.290 e. The van der Waals surface area contributed by atoms with Gasteiger partial charge in [0.1, 0.15) is 0 Å². The molecule has 0 aromatic rings. The van der Waals surface area contributed by atoms with Crippen molar-refractivity contribution < 1.29 is 216 Å². The fourth-order valence-electron chi connectivity index (χ4n) is 0. The zero-order valence-electron chi connectivity index (χ0n) is 14.2. The monoisotopic (exact) mass is 720 g/mol. The normalized spacial score (nSPS) is 1.20. The molecule has 21 nitrogen and oxygen atoms in total. The van der Waals surface area contributed by atoms with Crippen LogP contribution in [0, 0.1) is 0 Å².